The lowest BCUT2D eigenvalue weighted by Crippen LogP contribution is -2.47. The fourth-order valence-corrected chi connectivity index (χ4v) is 1.54. The highest BCUT2D eigenvalue weighted by atomic mass is 16.5. The number of rotatable bonds is 6. The number of amides is 2. The van der Waals surface area contributed by atoms with Crippen LogP contribution in [0.4, 0.5) is 4.79 Å². The van der Waals surface area contributed by atoms with Gasteiger partial charge in [0.15, 0.2) is 0 Å². The van der Waals surface area contributed by atoms with Crippen LogP contribution in [0.15, 0.2) is 0 Å². The fourth-order valence-electron chi connectivity index (χ4n) is 1.54. The predicted octanol–water partition coefficient (Wildman–Crippen LogP) is -0.578. The normalized spacial score (nSPS) is 23.4. The van der Waals surface area contributed by atoms with Crippen molar-refractivity contribution in [2.45, 2.75) is 13.0 Å². The number of aliphatic carboxylic acids is 1. The summed E-state index contributed by atoms with van der Waals surface area (Å²) in [5.41, 5.74) is 0. The molecule has 0 spiro atoms. The average Bonchev–Trinajstić information content (AvgIpc) is 2.72. The summed E-state index contributed by atoms with van der Waals surface area (Å²) in [7, 11) is 0. The standard InChI is InChI=1S/C10H18N2O5/c1-2-16-4-3-11-10(15)12-8-6-17-5-7(8)9(13)14/h7-8H,2-6H2,1H3,(H,13,14)(H2,11,12,15). The third-order valence-corrected chi connectivity index (χ3v) is 2.45. The van der Waals surface area contributed by atoms with Gasteiger partial charge in [0.05, 0.1) is 25.9 Å². The van der Waals surface area contributed by atoms with Crippen LogP contribution in [-0.4, -0.2) is 56.1 Å². The Morgan fingerprint density at radius 1 is 1.47 bits per heavy atom. The van der Waals surface area contributed by atoms with Gasteiger partial charge in [-0.1, -0.05) is 0 Å². The molecule has 1 saturated heterocycles. The lowest BCUT2D eigenvalue weighted by atomic mass is 10.0. The molecule has 0 aromatic rings. The molecule has 0 aromatic heterocycles. The van der Waals surface area contributed by atoms with E-state index in [1.54, 1.807) is 0 Å². The first-order valence-electron chi connectivity index (χ1n) is 5.57. The number of hydrogen-bond acceptors (Lipinski definition) is 4. The SMILES string of the molecule is CCOCCNC(=O)NC1COCC1C(=O)O. The molecular weight excluding hydrogens is 228 g/mol. The van der Waals surface area contributed by atoms with Crippen molar-refractivity contribution >= 4 is 12.0 Å². The van der Waals surface area contributed by atoms with Crippen LogP contribution in [0.5, 0.6) is 0 Å². The number of carboxylic acids is 1. The van der Waals surface area contributed by atoms with E-state index in [1.165, 1.54) is 0 Å². The molecule has 1 rings (SSSR count). The second kappa shape index (κ2) is 7.08. The van der Waals surface area contributed by atoms with Crippen molar-refractivity contribution in [1.82, 2.24) is 10.6 Å². The minimum Gasteiger partial charge on any atom is -0.481 e. The number of nitrogens with one attached hydrogen (secondary N) is 2. The van der Waals surface area contributed by atoms with Crippen LogP contribution in [0, 0.1) is 5.92 Å². The molecule has 2 amide bonds. The molecule has 1 aliphatic heterocycles. The Morgan fingerprint density at radius 2 is 2.24 bits per heavy atom. The first-order chi connectivity index (χ1) is 8.15. The van der Waals surface area contributed by atoms with Crippen molar-refractivity contribution in [2.24, 2.45) is 5.92 Å². The van der Waals surface area contributed by atoms with Gasteiger partial charge in [-0.15, -0.1) is 0 Å². The van der Waals surface area contributed by atoms with E-state index < -0.39 is 24.0 Å². The van der Waals surface area contributed by atoms with Crippen molar-refractivity contribution in [3.05, 3.63) is 0 Å². The number of hydrogen-bond donors (Lipinski definition) is 3. The van der Waals surface area contributed by atoms with Crippen molar-refractivity contribution in [2.75, 3.05) is 33.0 Å². The largest absolute Gasteiger partial charge is 0.481 e. The second-order valence-corrected chi connectivity index (χ2v) is 3.69. The van der Waals surface area contributed by atoms with E-state index in [1.807, 2.05) is 6.92 Å². The first kappa shape index (κ1) is 13.7. The van der Waals surface area contributed by atoms with E-state index in [0.717, 1.165) is 0 Å². The van der Waals surface area contributed by atoms with Gasteiger partial charge < -0.3 is 25.2 Å². The molecule has 3 N–H and O–H groups in total. The van der Waals surface area contributed by atoms with Gasteiger partial charge in [0.2, 0.25) is 0 Å². The van der Waals surface area contributed by atoms with E-state index in [4.69, 9.17) is 14.6 Å². The van der Waals surface area contributed by atoms with Gasteiger partial charge in [-0.3, -0.25) is 4.79 Å². The van der Waals surface area contributed by atoms with Gasteiger partial charge in [0.25, 0.3) is 0 Å². The maximum Gasteiger partial charge on any atom is 0.315 e. The Hall–Kier alpha value is -1.34. The topological polar surface area (TPSA) is 96.9 Å². The van der Waals surface area contributed by atoms with Crippen LogP contribution in [0.25, 0.3) is 0 Å². The first-order valence-corrected chi connectivity index (χ1v) is 5.57. The summed E-state index contributed by atoms with van der Waals surface area (Å²) < 4.78 is 10.1. The molecule has 1 heterocycles. The molecule has 0 aliphatic carbocycles. The Bertz CT molecular complexity index is 271. The van der Waals surface area contributed by atoms with Crippen LogP contribution >= 0.6 is 0 Å². The lowest BCUT2D eigenvalue weighted by Gasteiger charge is -2.16. The van der Waals surface area contributed by atoms with E-state index in [9.17, 15) is 9.59 Å². The third kappa shape index (κ3) is 4.58. The van der Waals surface area contributed by atoms with Gasteiger partial charge in [0, 0.05) is 13.2 Å². The Balaban J connectivity index is 2.23. The molecule has 1 fully saturated rings. The monoisotopic (exact) mass is 246 g/mol. The van der Waals surface area contributed by atoms with E-state index in [0.29, 0.717) is 19.8 Å². The van der Waals surface area contributed by atoms with Gasteiger partial charge in [-0.25, -0.2) is 4.79 Å². The molecule has 1 aliphatic rings. The van der Waals surface area contributed by atoms with Crippen LogP contribution < -0.4 is 10.6 Å². The number of ether oxygens (including phenoxy) is 2. The maximum atomic E-state index is 11.4. The summed E-state index contributed by atoms with van der Waals surface area (Å²) in [6.45, 7) is 3.67. The molecule has 2 atom stereocenters. The zero-order chi connectivity index (χ0) is 12.7. The molecule has 0 saturated carbocycles. The summed E-state index contributed by atoms with van der Waals surface area (Å²) in [6.07, 6.45) is 0. The van der Waals surface area contributed by atoms with Crippen LogP contribution in [0.3, 0.4) is 0 Å². The van der Waals surface area contributed by atoms with Crippen LogP contribution in [0.2, 0.25) is 0 Å². The number of urea groups is 1. The molecular formula is C10H18N2O5. The second-order valence-electron chi connectivity index (χ2n) is 3.69. The molecule has 2 unspecified atom stereocenters. The smallest absolute Gasteiger partial charge is 0.315 e. The quantitative estimate of drug-likeness (QED) is 0.545. The highest BCUT2D eigenvalue weighted by molar-refractivity contribution is 5.77. The Morgan fingerprint density at radius 3 is 2.88 bits per heavy atom. The van der Waals surface area contributed by atoms with Crippen molar-refractivity contribution in [3.8, 4) is 0 Å². The number of carbonyl (C=O) groups is 2. The summed E-state index contributed by atoms with van der Waals surface area (Å²) in [6, 6.07) is -0.869. The van der Waals surface area contributed by atoms with E-state index in [-0.39, 0.29) is 13.2 Å². The molecule has 7 nitrogen and oxygen atoms in total. The summed E-state index contributed by atoms with van der Waals surface area (Å²) in [4.78, 5) is 22.2. The predicted molar refractivity (Wildman–Crippen MR) is 58.8 cm³/mol. The van der Waals surface area contributed by atoms with Gasteiger partial charge in [-0.2, -0.15) is 0 Å². The number of carbonyl (C=O) groups excluding carboxylic acids is 1. The minimum atomic E-state index is -0.956. The van der Waals surface area contributed by atoms with Gasteiger partial charge in [0.1, 0.15) is 5.92 Å². The number of carboxylic acid groups (broad SMARTS) is 1. The zero-order valence-electron chi connectivity index (χ0n) is 9.77. The zero-order valence-corrected chi connectivity index (χ0v) is 9.77. The van der Waals surface area contributed by atoms with Crippen molar-refractivity contribution in [3.63, 3.8) is 0 Å². The van der Waals surface area contributed by atoms with E-state index in [2.05, 4.69) is 10.6 Å². The molecule has 7 heteroatoms. The van der Waals surface area contributed by atoms with Crippen LogP contribution in [0.1, 0.15) is 6.92 Å². The van der Waals surface area contributed by atoms with Crippen molar-refractivity contribution < 1.29 is 24.2 Å². The summed E-state index contributed by atoms with van der Waals surface area (Å²) in [5, 5.41) is 14.0. The van der Waals surface area contributed by atoms with Gasteiger partial charge in [-0.05, 0) is 6.92 Å². The van der Waals surface area contributed by atoms with Crippen molar-refractivity contribution in [1.29, 1.82) is 0 Å². The van der Waals surface area contributed by atoms with E-state index >= 15 is 0 Å². The highest BCUT2D eigenvalue weighted by Crippen LogP contribution is 2.13. The molecule has 0 bridgehead atoms. The Kier molecular flexibility index (Phi) is 5.71. The minimum absolute atomic E-state index is 0.138. The van der Waals surface area contributed by atoms with Gasteiger partial charge >= 0.3 is 12.0 Å². The fraction of sp³-hybridized carbons (Fsp3) is 0.800. The summed E-state index contributed by atoms with van der Waals surface area (Å²) >= 11 is 0. The molecule has 0 radical (unpaired) electrons. The molecule has 98 valence electrons. The molecule has 0 aromatic carbocycles. The highest BCUT2D eigenvalue weighted by Gasteiger charge is 2.34. The summed E-state index contributed by atoms with van der Waals surface area (Å²) in [5.74, 6) is -1.63. The third-order valence-electron chi connectivity index (χ3n) is 2.45. The maximum absolute atomic E-state index is 11.4. The van der Waals surface area contributed by atoms with Crippen LogP contribution in [-0.2, 0) is 14.3 Å². The Labute approximate surface area is 99.5 Å². The average molecular weight is 246 g/mol. The molecule has 17 heavy (non-hydrogen) atoms. The lowest BCUT2D eigenvalue weighted by molar-refractivity contribution is -0.142.